The molecule has 0 unspecified atom stereocenters. The quantitative estimate of drug-likeness (QED) is 0.582. The van der Waals surface area contributed by atoms with Gasteiger partial charge in [0.15, 0.2) is 0 Å². The van der Waals surface area contributed by atoms with Crippen LogP contribution in [0.3, 0.4) is 0 Å². The van der Waals surface area contributed by atoms with Gasteiger partial charge in [-0.25, -0.2) is 4.79 Å². The molecule has 0 bridgehead atoms. The lowest BCUT2D eigenvalue weighted by Gasteiger charge is -2.10. The Hall–Kier alpha value is -1.55. The zero-order valence-corrected chi connectivity index (χ0v) is 11.1. The first-order valence-electron chi connectivity index (χ1n) is 9.34. The van der Waals surface area contributed by atoms with Crippen molar-refractivity contribution in [2.24, 2.45) is 0 Å². The summed E-state index contributed by atoms with van der Waals surface area (Å²) in [5.74, 6) is -0.629. The number of anilines is 1. The third-order valence-corrected chi connectivity index (χ3v) is 2.53. The minimum atomic E-state index is -2.79. The van der Waals surface area contributed by atoms with Crippen LogP contribution in [0.5, 0.6) is 0 Å². The average molecular weight is 270 g/mol. The molecule has 1 aromatic carbocycles. The van der Waals surface area contributed by atoms with E-state index in [0.717, 1.165) is 25.1 Å². The number of rotatable bonds is 8. The van der Waals surface area contributed by atoms with Crippen LogP contribution in [0.1, 0.15) is 38.3 Å². The fraction of sp³-hybridized carbons (Fsp3) is 0.533. The molecule has 0 fully saturated rings. The van der Waals surface area contributed by atoms with Crippen molar-refractivity contribution < 1.29 is 17.8 Å². The molecular formula is C15H24N2O2. The fourth-order valence-corrected chi connectivity index (χ4v) is 1.45. The van der Waals surface area contributed by atoms with Gasteiger partial charge in [0, 0.05) is 27.0 Å². The Balaban J connectivity index is 2.53. The van der Waals surface area contributed by atoms with E-state index in [-0.39, 0.29) is 6.61 Å². The van der Waals surface area contributed by atoms with Crippen LogP contribution in [-0.4, -0.2) is 44.5 Å². The summed E-state index contributed by atoms with van der Waals surface area (Å²) in [7, 11) is 0. The second-order valence-electron chi connectivity index (χ2n) is 4.15. The van der Waals surface area contributed by atoms with E-state index in [1.54, 1.807) is 24.3 Å². The predicted molar refractivity (Wildman–Crippen MR) is 78.7 cm³/mol. The lowest BCUT2D eigenvalue weighted by atomic mass is 10.2. The van der Waals surface area contributed by atoms with Crippen LogP contribution in [0.25, 0.3) is 0 Å². The van der Waals surface area contributed by atoms with E-state index in [9.17, 15) is 4.79 Å². The molecule has 0 saturated carbocycles. The number of nitrogens with one attached hydrogen (secondary N) is 1. The van der Waals surface area contributed by atoms with E-state index in [1.165, 1.54) is 0 Å². The monoisotopic (exact) mass is 270 g/mol. The summed E-state index contributed by atoms with van der Waals surface area (Å²) in [5, 5.41) is 3.22. The first-order valence-corrected chi connectivity index (χ1v) is 6.34. The van der Waals surface area contributed by atoms with Crippen molar-refractivity contribution in [3.63, 3.8) is 0 Å². The van der Waals surface area contributed by atoms with Gasteiger partial charge >= 0.3 is 5.97 Å². The second kappa shape index (κ2) is 8.53. The summed E-state index contributed by atoms with van der Waals surface area (Å²) in [6.45, 7) is -3.37. The number of nitrogens with zero attached hydrogens (tertiary/aromatic N) is 1. The van der Waals surface area contributed by atoms with Gasteiger partial charge in [-0.05, 0) is 44.6 Å². The van der Waals surface area contributed by atoms with E-state index in [0.29, 0.717) is 10.5 Å². The molecule has 106 valence electrons. The molecular weight excluding hydrogens is 240 g/mol. The Labute approximate surface area is 124 Å². The third-order valence-electron chi connectivity index (χ3n) is 2.53. The predicted octanol–water partition coefficient (Wildman–Crippen LogP) is 2.62. The van der Waals surface area contributed by atoms with Gasteiger partial charge in [-0.15, -0.1) is 0 Å². The van der Waals surface area contributed by atoms with Gasteiger partial charge in [-0.1, -0.05) is 13.3 Å². The highest BCUT2D eigenvalue weighted by Crippen LogP contribution is 2.10. The minimum absolute atomic E-state index is 0.315. The molecule has 0 aliphatic heterocycles. The number of hydrogen-bond donors (Lipinski definition) is 1. The van der Waals surface area contributed by atoms with Crippen molar-refractivity contribution in [2.45, 2.75) is 19.8 Å². The summed E-state index contributed by atoms with van der Waals surface area (Å²) < 4.78 is 48.4. The second-order valence-corrected chi connectivity index (χ2v) is 4.15. The van der Waals surface area contributed by atoms with Crippen LogP contribution >= 0.6 is 0 Å². The zero-order valence-electron chi connectivity index (χ0n) is 17.1. The third kappa shape index (κ3) is 6.25. The van der Waals surface area contributed by atoms with Crippen LogP contribution < -0.4 is 5.32 Å². The number of esters is 1. The standard InChI is InChI=1S/C15H24N2O2/c1-4-5-10-16-14-8-6-13(7-9-14)15(18)19-12-11-17(2)3/h6-9,16H,4-5,10-12H2,1-3H3/i2D3,3D3. The smallest absolute Gasteiger partial charge is 0.338 e. The lowest BCUT2D eigenvalue weighted by Crippen LogP contribution is -2.20. The largest absolute Gasteiger partial charge is 0.461 e. The molecule has 0 radical (unpaired) electrons. The molecule has 0 aromatic heterocycles. The topological polar surface area (TPSA) is 41.6 Å². The zero-order chi connectivity index (χ0) is 19.1. The van der Waals surface area contributed by atoms with Gasteiger partial charge in [-0.3, -0.25) is 0 Å². The fourth-order valence-electron chi connectivity index (χ4n) is 1.45. The van der Waals surface area contributed by atoms with Crippen molar-refractivity contribution in [2.75, 3.05) is 39.0 Å². The highest BCUT2D eigenvalue weighted by molar-refractivity contribution is 5.89. The molecule has 1 rings (SSSR count). The maximum Gasteiger partial charge on any atom is 0.338 e. The molecule has 19 heavy (non-hydrogen) atoms. The number of carbonyl (C=O) groups is 1. The molecule has 0 aliphatic rings. The Bertz CT molecular complexity index is 528. The summed E-state index contributed by atoms with van der Waals surface area (Å²) in [5.41, 5.74) is 1.20. The number of carbonyl (C=O) groups excluding carboxylic acids is 1. The SMILES string of the molecule is [2H]C([2H])([2H])N(CCOC(=O)c1ccc(NCCCC)cc1)C([2H])([2H])[2H]. The van der Waals surface area contributed by atoms with Gasteiger partial charge in [0.1, 0.15) is 6.61 Å². The van der Waals surface area contributed by atoms with Crippen LogP contribution in [0.2, 0.25) is 0 Å². The summed E-state index contributed by atoms with van der Waals surface area (Å²) in [6, 6.07) is 6.71. The number of ether oxygens (including phenoxy) is 1. The summed E-state index contributed by atoms with van der Waals surface area (Å²) in [6.07, 6.45) is 2.13. The lowest BCUT2D eigenvalue weighted by molar-refractivity contribution is 0.0482. The van der Waals surface area contributed by atoms with E-state index in [1.807, 2.05) is 0 Å². The normalized spacial score (nSPS) is 16.5. The molecule has 4 nitrogen and oxygen atoms in total. The van der Waals surface area contributed by atoms with Crippen molar-refractivity contribution in [3.05, 3.63) is 29.8 Å². The molecule has 1 aromatic rings. The van der Waals surface area contributed by atoms with Gasteiger partial charge in [-0.2, -0.15) is 0 Å². The van der Waals surface area contributed by atoms with Crippen molar-refractivity contribution in [1.82, 2.24) is 4.90 Å². The van der Waals surface area contributed by atoms with E-state index in [2.05, 4.69) is 12.2 Å². The Kier molecular flexibility index (Phi) is 3.86. The van der Waals surface area contributed by atoms with Gasteiger partial charge in [0.2, 0.25) is 0 Å². The maximum atomic E-state index is 12.0. The maximum absolute atomic E-state index is 12.0. The van der Waals surface area contributed by atoms with E-state index < -0.39 is 26.5 Å². The first-order chi connectivity index (χ1) is 11.6. The minimum Gasteiger partial charge on any atom is -0.461 e. The van der Waals surface area contributed by atoms with Gasteiger partial charge in [0.05, 0.1) is 5.56 Å². The number of unbranched alkanes of at least 4 members (excludes halogenated alkanes) is 1. The molecule has 0 aliphatic carbocycles. The Morgan fingerprint density at radius 2 is 2.11 bits per heavy atom. The van der Waals surface area contributed by atoms with Crippen molar-refractivity contribution in [1.29, 1.82) is 0 Å². The summed E-state index contributed by atoms with van der Waals surface area (Å²) >= 11 is 0. The van der Waals surface area contributed by atoms with Crippen LogP contribution in [0.4, 0.5) is 5.69 Å². The van der Waals surface area contributed by atoms with Crippen LogP contribution in [-0.2, 0) is 4.74 Å². The van der Waals surface area contributed by atoms with Crippen LogP contribution in [0.15, 0.2) is 24.3 Å². The number of hydrogen-bond acceptors (Lipinski definition) is 4. The highest BCUT2D eigenvalue weighted by Gasteiger charge is 2.06. The van der Waals surface area contributed by atoms with E-state index >= 15 is 0 Å². The first kappa shape index (κ1) is 8.59. The molecule has 0 saturated heterocycles. The molecule has 0 spiro atoms. The molecule has 0 atom stereocenters. The van der Waals surface area contributed by atoms with E-state index in [4.69, 9.17) is 13.0 Å². The van der Waals surface area contributed by atoms with Crippen molar-refractivity contribution >= 4 is 11.7 Å². The van der Waals surface area contributed by atoms with Crippen LogP contribution in [0, 0.1) is 0 Å². The summed E-state index contributed by atoms with van der Waals surface area (Å²) in [4.78, 5) is 12.3. The Morgan fingerprint density at radius 3 is 2.74 bits per heavy atom. The Morgan fingerprint density at radius 1 is 1.37 bits per heavy atom. The number of benzene rings is 1. The average Bonchev–Trinajstić information content (AvgIpc) is 2.49. The molecule has 0 amide bonds. The van der Waals surface area contributed by atoms with Gasteiger partial charge in [0.25, 0.3) is 0 Å². The van der Waals surface area contributed by atoms with Crippen molar-refractivity contribution in [3.8, 4) is 0 Å². The highest BCUT2D eigenvalue weighted by atomic mass is 16.5. The molecule has 1 N–H and O–H groups in total. The molecule has 0 heterocycles. The van der Waals surface area contributed by atoms with Gasteiger partial charge < -0.3 is 15.0 Å². The number of likely N-dealkylation sites (N-methyl/N-ethyl adjacent to an activating group) is 1. The molecule has 4 heteroatoms.